The number of ether oxygens (including phenoxy) is 1. The van der Waals surface area contributed by atoms with Crippen LogP contribution < -0.4 is 0 Å². The van der Waals surface area contributed by atoms with Crippen LogP contribution in [0.5, 0.6) is 0 Å². The van der Waals surface area contributed by atoms with E-state index in [1.54, 1.807) is 5.56 Å². The van der Waals surface area contributed by atoms with E-state index in [1.165, 1.54) is 100 Å². The molecule has 1 saturated carbocycles. The molecule has 1 heteroatoms. The molecule has 0 heterocycles. The lowest BCUT2D eigenvalue weighted by Gasteiger charge is -2.29. The van der Waals surface area contributed by atoms with Crippen LogP contribution in [0.2, 0.25) is 0 Å². The van der Waals surface area contributed by atoms with E-state index in [1.807, 2.05) is 6.08 Å². The van der Waals surface area contributed by atoms with Gasteiger partial charge >= 0.3 is 0 Å². The van der Waals surface area contributed by atoms with Gasteiger partial charge in [0.25, 0.3) is 0 Å². The fraction of sp³-hybridized carbons (Fsp3) is 0.576. The Bertz CT molecular complexity index is 780. The molecular formula is C33H48O. The number of allylic oxidation sites excluding steroid dienone is 1. The van der Waals surface area contributed by atoms with Gasteiger partial charge in [-0.05, 0) is 98.3 Å². The highest BCUT2D eigenvalue weighted by molar-refractivity contribution is 5.25. The fourth-order valence-corrected chi connectivity index (χ4v) is 5.40. The van der Waals surface area contributed by atoms with Crippen molar-refractivity contribution in [3.8, 4) is 0 Å². The van der Waals surface area contributed by atoms with Gasteiger partial charge in [0.05, 0.1) is 6.61 Å². The van der Waals surface area contributed by atoms with E-state index in [4.69, 9.17) is 4.74 Å². The molecule has 0 radical (unpaired) electrons. The molecule has 0 spiro atoms. The summed E-state index contributed by atoms with van der Waals surface area (Å²) in [4.78, 5) is 0. The van der Waals surface area contributed by atoms with Crippen LogP contribution in [0, 0.1) is 5.92 Å². The van der Waals surface area contributed by atoms with Gasteiger partial charge in [0.15, 0.2) is 0 Å². The van der Waals surface area contributed by atoms with E-state index >= 15 is 0 Å². The minimum absolute atomic E-state index is 0.761. The van der Waals surface area contributed by atoms with Crippen molar-refractivity contribution in [1.82, 2.24) is 0 Å². The zero-order valence-electron chi connectivity index (χ0n) is 21.8. The van der Waals surface area contributed by atoms with E-state index in [0.717, 1.165) is 31.5 Å². The lowest BCUT2D eigenvalue weighted by molar-refractivity contribution is 0.117. The SMILES string of the molecule is C=CCCCc1ccc(CCCCC2CCC(c3ccc(COCCCCC)cc3)CC2)cc1. The number of benzene rings is 2. The minimum Gasteiger partial charge on any atom is -0.377 e. The molecule has 34 heavy (non-hydrogen) atoms. The van der Waals surface area contributed by atoms with Crippen LogP contribution >= 0.6 is 0 Å². The van der Waals surface area contributed by atoms with Crippen molar-refractivity contribution in [3.05, 3.63) is 83.4 Å². The molecular weight excluding hydrogens is 412 g/mol. The summed E-state index contributed by atoms with van der Waals surface area (Å²) in [6.07, 6.45) is 20.1. The Morgan fingerprint density at radius 1 is 0.765 bits per heavy atom. The second-order valence-electron chi connectivity index (χ2n) is 10.5. The molecule has 1 nitrogen and oxygen atoms in total. The van der Waals surface area contributed by atoms with Gasteiger partial charge in [-0.3, -0.25) is 0 Å². The first kappa shape index (κ1) is 26.7. The van der Waals surface area contributed by atoms with Gasteiger partial charge in [-0.15, -0.1) is 6.58 Å². The molecule has 0 saturated heterocycles. The standard InChI is InChI=1S/C33H48O/c1-3-5-7-11-28-14-16-29(17-15-28)12-8-9-13-30-18-22-32(23-19-30)33-24-20-31(21-25-33)27-34-26-10-6-4-2/h3,14-17,20-21,24-25,30,32H,1,4-13,18-19,22-23,26-27H2,2H3. The normalized spacial score (nSPS) is 18.1. The van der Waals surface area contributed by atoms with Gasteiger partial charge in [-0.1, -0.05) is 87.2 Å². The Hall–Kier alpha value is -1.86. The first-order chi connectivity index (χ1) is 16.8. The third-order valence-electron chi connectivity index (χ3n) is 7.68. The van der Waals surface area contributed by atoms with Crippen molar-refractivity contribution in [2.24, 2.45) is 5.92 Å². The van der Waals surface area contributed by atoms with E-state index in [-0.39, 0.29) is 0 Å². The maximum atomic E-state index is 5.82. The topological polar surface area (TPSA) is 9.23 Å². The molecule has 0 aromatic heterocycles. The van der Waals surface area contributed by atoms with Gasteiger partial charge in [0, 0.05) is 6.61 Å². The van der Waals surface area contributed by atoms with E-state index in [0.29, 0.717) is 0 Å². The molecule has 0 N–H and O–H groups in total. The first-order valence-corrected chi connectivity index (χ1v) is 14.1. The molecule has 1 aliphatic rings. The van der Waals surface area contributed by atoms with Crippen LogP contribution in [0.25, 0.3) is 0 Å². The van der Waals surface area contributed by atoms with Gasteiger partial charge in [-0.2, -0.15) is 0 Å². The molecule has 1 fully saturated rings. The van der Waals surface area contributed by atoms with Crippen LogP contribution in [0.15, 0.2) is 61.2 Å². The minimum atomic E-state index is 0.761. The largest absolute Gasteiger partial charge is 0.377 e. The molecule has 0 atom stereocenters. The summed E-state index contributed by atoms with van der Waals surface area (Å²) in [5.41, 5.74) is 5.83. The van der Waals surface area contributed by atoms with Crippen LogP contribution in [0.4, 0.5) is 0 Å². The molecule has 3 rings (SSSR count). The first-order valence-electron chi connectivity index (χ1n) is 14.1. The van der Waals surface area contributed by atoms with E-state index in [9.17, 15) is 0 Å². The van der Waals surface area contributed by atoms with Crippen LogP contribution in [-0.4, -0.2) is 6.61 Å². The Morgan fingerprint density at radius 3 is 2.06 bits per heavy atom. The highest BCUT2D eigenvalue weighted by Crippen LogP contribution is 2.37. The number of aryl methyl sites for hydroxylation is 2. The van der Waals surface area contributed by atoms with Gasteiger partial charge in [-0.25, -0.2) is 0 Å². The number of rotatable bonds is 16. The van der Waals surface area contributed by atoms with Crippen molar-refractivity contribution in [2.75, 3.05) is 6.61 Å². The summed E-state index contributed by atoms with van der Waals surface area (Å²) in [5, 5.41) is 0. The molecule has 0 amide bonds. The van der Waals surface area contributed by atoms with Crippen molar-refractivity contribution in [3.63, 3.8) is 0 Å². The quantitative estimate of drug-likeness (QED) is 0.179. The molecule has 0 aliphatic heterocycles. The molecule has 1 aliphatic carbocycles. The smallest absolute Gasteiger partial charge is 0.0716 e. The second kappa shape index (κ2) is 15.9. The Morgan fingerprint density at radius 2 is 1.41 bits per heavy atom. The summed E-state index contributed by atoms with van der Waals surface area (Å²) >= 11 is 0. The van der Waals surface area contributed by atoms with E-state index < -0.39 is 0 Å². The van der Waals surface area contributed by atoms with E-state index in [2.05, 4.69) is 62.0 Å². The van der Waals surface area contributed by atoms with Crippen LogP contribution in [-0.2, 0) is 24.2 Å². The maximum absolute atomic E-state index is 5.82. The molecule has 186 valence electrons. The molecule has 0 bridgehead atoms. The zero-order chi connectivity index (χ0) is 23.8. The van der Waals surface area contributed by atoms with Crippen molar-refractivity contribution < 1.29 is 4.74 Å². The highest BCUT2D eigenvalue weighted by Gasteiger charge is 2.22. The molecule has 0 unspecified atom stereocenters. The predicted molar refractivity (Wildman–Crippen MR) is 147 cm³/mol. The number of hydrogen-bond acceptors (Lipinski definition) is 1. The third-order valence-corrected chi connectivity index (χ3v) is 7.68. The Balaban J connectivity index is 1.27. The van der Waals surface area contributed by atoms with Crippen molar-refractivity contribution >= 4 is 0 Å². The second-order valence-corrected chi connectivity index (χ2v) is 10.5. The molecule has 2 aromatic carbocycles. The number of hydrogen-bond donors (Lipinski definition) is 0. The maximum Gasteiger partial charge on any atom is 0.0716 e. The number of unbranched alkanes of at least 4 members (excludes halogenated alkanes) is 4. The summed E-state index contributed by atoms with van der Waals surface area (Å²) in [5.74, 6) is 1.71. The van der Waals surface area contributed by atoms with Gasteiger partial charge in [0.2, 0.25) is 0 Å². The van der Waals surface area contributed by atoms with Gasteiger partial charge < -0.3 is 4.74 Å². The van der Waals surface area contributed by atoms with Crippen LogP contribution in [0.1, 0.15) is 112 Å². The third kappa shape index (κ3) is 9.79. The van der Waals surface area contributed by atoms with Crippen LogP contribution in [0.3, 0.4) is 0 Å². The molecule has 2 aromatic rings. The predicted octanol–water partition coefficient (Wildman–Crippen LogP) is 9.59. The monoisotopic (exact) mass is 460 g/mol. The Labute approximate surface area is 210 Å². The summed E-state index contributed by atoms with van der Waals surface area (Å²) in [6, 6.07) is 18.6. The van der Waals surface area contributed by atoms with Gasteiger partial charge in [0.1, 0.15) is 0 Å². The van der Waals surface area contributed by atoms with Crippen molar-refractivity contribution in [1.29, 1.82) is 0 Å². The lowest BCUT2D eigenvalue weighted by atomic mass is 9.77. The lowest BCUT2D eigenvalue weighted by Crippen LogP contribution is -2.13. The Kier molecular flexibility index (Phi) is 12.5. The zero-order valence-corrected chi connectivity index (χ0v) is 21.8. The fourth-order valence-electron chi connectivity index (χ4n) is 5.40. The average Bonchev–Trinajstić information content (AvgIpc) is 2.88. The summed E-state index contributed by atoms with van der Waals surface area (Å²) < 4.78 is 5.82. The summed E-state index contributed by atoms with van der Waals surface area (Å²) in [6.45, 7) is 7.70. The highest BCUT2D eigenvalue weighted by atomic mass is 16.5. The average molecular weight is 461 g/mol. The summed E-state index contributed by atoms with van der Waals surface area (Å²) in [7, 11) is 0. The van der Waals surface area contributed by atoms with Crippen molar-refractivity contribution in [2.45, 2.75) is 109 Å².